The van der Waals surface area contributed by atoms with Gasteiger partial charge in [-0.05, 0) is 12.1 Å². The molecule has 1 amide bonds. The summed E-state index contributed by atoms with van der Waals surface area (Å²) in [5.74, 6) is 0.751. The van der Waals surface area contributed by atoms with Crippen LogP contribution in [-0.2, 0) is 6.18 Å². The molecule has 0 aliphatic carbocycles. The molecule has 4 aromatic rings. The molecule has 3 aromatic heterocycles. The van der Waals surface area contributed by atoms with Gasteiger partial charge in [0.05, 0.1) is 16.8 Å². The largest absolute Gasteiger partial charge is 0.453 e. The Bertz CT molecular complexity index is 1300. The number of halogens is 3. The van der Waals surface area contributed by atoms with Crippen molar-refractivity contribution >= 4 is 17.7 Å². The van der Waals surface area contributed by atoms with Gasteiger partial charge in [0.25, 0.3) is 5.91 Å². The van der Waals surface area contributed by atoms with Crippen LogP contribution < -0.4 is 0 Å². The van der Waals surface area contributed by atoms with Gasteiger partial charge in [-0.15, -0.1) is 0 Å². The first kappa shape index (κ1) is 22.2. The molecule has 34 heavy (non-hydrogen) atoms. The molecular weight excluding hydrogens is 467 g/mol. The van der Waals surface area contributed by atoms with Gasteiger partial charge in [0.15, 0.2) is 5.82 Å². The van der Waals surface area contributed by atoms with Crippen molar-refractivity contribution in [2.24, 2.45) is 0 Å². The molecule has 1 aromatic carbocycles. The molecule has 174 valence electrons. The van der Waals surface area contributed by atoms with Crippen LogP contribution in [0.4, 0.5) is 13.2 Å². The summed E-state index contributed by atoms with van der Waals surface area (Å²) in [5.41, 5.74) is 1.12. The first-order chi connectivity index (χ1) is 16.4. The number of rotatable bonds is 4. The summed E-state index contributed by atoms with van der Waals surface area (Å²) >= 11 is 1.81. The maximum absolute atomic E-state index is 13.6. The molecule has 1 aliphatic rings. The van der Waals surface area contributed by atoms with Crippen LogP contribution in [0.2, 0.25) is 0 Å². The lowest BCUT2D eigenvalue weighted by Gasteiger charge is -2.26. The molecule has 11 heteroatoms. The number of nitrogens with one attached hydrogen (secondary N) is 1. The van der Waals surface area contributed by atoms with E-state index in [1.54, 1.807) is 47.4 Å². The minimum atomic E-state index is -4.75. The van der Waals surface area contributed by atoms with E-state index >= 15 is 0 Å². The zero-order valence-corrected chi connectivity index (χ0v) is 18.5. The van der Waals surface area contributed by atoms with Crippen molar-refractivity contribution in [2.75, 3.05) is 24.6 Å². The number of nitrogens with zero attached hydrogens (tertiary/aromatic N) is 4. The number of hydrogen-bond donors (Lipinski definition) is 1. The average Bonchev–Trinajstić information content (AvgIpc) is 3.52. The van der Waals surface area contributed by atoms with Crippen LogP contribution in [0.15, 0.2) is 59.4 Å². The standard InChI is InChI=1S/C23H18F3N5O2S/c24-23(25,26)20-18(19(30-33-20)14-4-2-1-3-5-14)17-13-28-21(29-17)16-7-6-15(12-27-16)22(32)31-8-10-34-11-9-31/h1-7,12-13H,8-11H2,(H,28,29). The molecule has 0 saturated carbocycles. The van der Waals surface area contributed by atoms with Crippen molar-refractivity contribution < 1.29 is 22.5 Å². The molecule has 0 atom stereocenters. The van der Waals surface area contributed by atoms with Gasteiger partial charge in [-0.1, -0.05) is 35.5 Å². The van der Waals surface area contributed by atoms with E-state index in [9.17, 15) is 18.0 Å². The molecule has 0 bridgehead atoms. The number of hydrogen-bond acceptors (Lipinski definition) is 6. The highest BCUT2D eigenvalue weighted by molar-refractivity contribution is 7.99. The van der Waals surface area contributed by atoms with E-state index < -0.39 is 11.9 Å². The minimum Gasteiger partial charge on any atom is -0.350 e. The van der Waals surface area contributed by atoms with Gasteiger partial charge >= 0.3 is 6.18 Å². The number of alkyl halides is 3. The summed E-state index contributed by atoms with van der Waals surface area (Å²) < 4.78 is 45.6. The zero-order chi connectivity index (χ0) is 23.7. The number of carbonyl (C=O) groups is 1. The molecule has 0 spiro atoms. The third-order valence-corrected chi connectivity index (χ3v) is 6.32. The zero-order valence-electron chi connectivity index (χ0n) is 17.7. The van der Waals surface area contributed by atoms with Crippen molar-refractivity contribution in [3.05, 3.63) is 66.2 Å². The second-order valence-electron chi connectivity index (χ2n) is 7.57. The van der Waals surface area contributed by atoms with Gasteiger partial charge in [-0.25, -0.2) is 4.98 Å². The summed E-state index contributed by atoms with van der Waals surface area (Å²) in [7, 11) is 0. The van der Waals surface area contributed by atoms with Gasteiger partial charge in [-0.3, -0.25) is 9.78 Å². The molecular formula is C23H18F3N5O2S. The fourth-order valence-electron chi connectivity index (χ4n) is 3.70. The molecule has 0 radical (unpaired) electrons. The summed E-state index contributed by atoms with van der Waals surface area (Å²) in [6, 6.07) is 11.7. The molecule has 7 nitrogen and oxygen atoms in total. The third kappa shape index (κ3) is 4.30. The highest BCUT2D eigenvalue weighted by Crippen LogP contribution is 2.42. The number of benzene rings is 1. The number of imidazole rings is 1. The Morgan fingerprint density at radius 3 is 2.50 bits per heavy atom. The normalized spacial score (nSPS) is 14.4. The van der Waals surface area contributed by atoms with Crippen LogP contribution in [0.1, 0.15) is 16.1 Å². The lowest BCUT2D eigenvalue weighted by molar-refractivity contribution is -0.154. The Hall–Kier alpha value is -3.60. The number of H-pyrrole nitrogens is 1. The number of amides is 1. The Labute approximate surface area is 196 Å². The average molecular weight is 485 g/mol. The van der Waals surface area contributed by atoms with Crippen molar-refractivity contribution in [3.63, 3.8) is 0 Å². The molecule has 5 rings (SSSR count). The molecule has 1 N–H and O–H groups in total. The summed E-state index contributed by atoms with van der Waals surface area (Å²) in [6.45, 7) is 1.38. The Morgan fingerprint density at radius 1 is 1.06 bits per heavy atom. The monoisotopic (exact) mass is 485 g/mol. The predicted molar refractivity (Wildman–Crippen MR) is 121 cm³/mol. The minimum absolute atomic E-state index is 0.0233. The Kier molecular flexibility index (Phi) is 5.86. The van der Waals surface area contributed by atoms with Gasteiger partial charge < -0.3 is 14.4 Å². The van der Waals surface area contributed by atoms with Crippen molar-refractivity contribution in [3.8, 4) is 34.0 Å². The third-order valence-electron chi connectivity index (χ3n) is 5.38. The predicted octanol–water partition coefficient (Wildman–Crippen LogP) is 5.00. The van der Waals surface area contributed by atoms with Crippen LogP contribution in [0.25, 0.3) is 34.0 Å². The van der Waals surface area contributed by atoms with Gasteiger partial charge in [0.1, 0.15) is 11.4 Å². The quantitative estimate of drug-likeness (QED) is 0.438. The number of thioether (sulfide) groups is 1. The van der Waals surface area contributed by atoms with Crippen LogP contribution in [0.3, 0.4) is 0 Å². The van der Waals surface area contributed by atoms with E-state index in [2.05, 4.69) is 20.1 Å². The summed E-state index contributed by atoms with van der Waals surface area (Å²) in [4.78, 5) is 25.9. The second-order valence-corrected chi connectivity index (χ2v) is 8.79. The van der Waals surface area contributed by atoms with Crippen LogP contribution in [-0.4, -0.2) is 55.5 Å². The molecule has 1 aliphatic heterocycles. The number of pyridine rings is 1. The van der Waals surface area contributed by atoms with Gasteiger partial charge in [0.2, 0.25) is 5.76 Å². The number of carbonyl (C=O) groups excluding carboxylic acids is 1. The highest BCUT2D eigenvalue weighted by Gasteiger charge is 2.41. The number of aromatic amines is 1. The van der Waals surface area contributed by atoms with Crippen LogP contribution in [0.5, 0.6) is 0 Å². The maximum Gasteiger partial charge on any atom is 0.453 e. The van der Waals surface area contributed by atoms with E-state index in [1.807, 2.05) is 11.8 Å². The van der Waals surface area contributed by atoms with E-state index in [4.69, 9.17) is 4.52 Å². The van der Waals surface area contributed by atoms with E-state index in [0.29, 0.717) is 29.9 Å². The van der Waals surface area contributed by atoms with E-state index in [0.717, 1.165) is 11.5 Å². The fourth-order valence-corrected chi connectivity index (χ4v) is 4.61. The van der Waals surface area contributed by atoms with Gasteiger partial charge in [-0.2, -0.15) is 24.9 Å². The highest BCUT2D eigenvalue weighted by atomic mass is 32.2. The first-order valence-corrected chi connectivity index (χ1v) is 11.6. The second kappa shape index (κ2) is 8.98. The summed E-state index contributed by atoms with van der Waals surface area (Å²) in [6.07, 6.45) is -1.94. The van der Waals surface area contributed by atoms with Gasteiger partial charge in [0, 0.05) is 42.6 Å². The number of aromatic nitrogens is 4. The maximum atomic E-state index is 13.6. The van der Waals surface area contributed by atoms with Crippen LogP contribution >= 0.6 is 11.8 Å². The van der Waals surface area contributed by atoms with Crippen molar-refractivity contribution in [1.29, 1.82) is 0 Å². The lowest BCUT2D eigenvalue weighted by Crippen LogP contribution is -2.37. The molecule has 1 fully saturated rings. The fraction of sp³-hybridized carbons (Fsp3) is 0.217. The Morgan fingerprint density at radius 2 is 1.82 bits per heavy atom. The van der Waals surface area contributed by atoms with Crippen molar-refractivity contribution in [2.45, 2.75) is 6.18 Å². The molecule has 4 heterocycles. The first-order valence-electron chi connectivity index (χ1n) is 10.4. The SMILES string of the molecule is O=C(c1ccc(-c2nc(-c3c(-c4ccccc4)noc3C(F)(F)F)c[nH]2)nc1)N1CCSCC1. The smallest absolute Gasteiger partial charge is 0.350 e. The van der Waals surface area contributed by atoms with Crippen molar-refractivity contribution in [1.82, 2.24) is 25.0 Å². The lowest BCUT2D eigenvalue weighted by atomic mass is 10.0. The van der Waals surface area contributed by atoms with E-state index in [1.165, 1.54) is 12.4 Å². The van der Waals surface area contributed by atoms with E-state index in [-0.39, 0.29) is 28.7 Å². The Balaban J connectivity index is 1.46. The van der Waals surface area contributed by atoms with Crippen LogP contribution in [0, 0.1) is 0 Å². The molecule has 1 saturated heterocycles. The topological polar surface area (TPSA) is 87.9 Å². The summed E-state index contributed by atoms with van der Waals surface area (Å²) in [5, 5.41) is 3.68. The molecule has 0 unspecified atom stereocenters.